The Hall–Kier alpha value is -1.13. The molecular formula is C15H17BrFNO. The average Bonchev–Trinajstić information content (AvgIpc) is 2.89. The Balaban J connectivity index is 2.18. The van der Waals surface area contributed by atoms with Gasteiger partial charge in [0.25, 0.3) is 0 Å². The average molecular weight is 326 g/mol. The van der Waals surface area contributed by atoms with Gasteiger partial charge < -0.3 is 9.73 Å². The van der Waals surface area contributed by atoms with Crippen molar-refractivity contribution in [3.05, 3.63) is 46.4 Å². The number of furan rings is 1. The van der Waals surface area contributed by atoms with Crippen LogP contribution in [0.5, 0.6) is 0 Å². The highest BCUT2D eigenvalue weighted by atomic mass is 79.9. The Morgan fingerprint density at radius 2 is 2.11 bits per heavy atom. The molecule has 4 heteroatoms. The predicted molar refractivity (Wildman–Crippen MR) is 78.5 cm³/mol. The second-order valence-electron chi connectivity index (χ2n) is 4.51. The van der Waals surface area contributed by atoms with Crippen molar-refractivity contribution in [1.29, 1.82) is 0 Å². The third-order valence-corrected chi connectivity index (χ3v) is 3.60. The summed E-state index contributed by atoms with van der Waals surface area (Å²) in [4.78, 5) is 0. The largest absolute Gasteiger partial charge is 0.459 e. The molecule has 2 rings (SSSR count). The van der Waals surface area contributed by atoms with Gasteiger partial charge in [0.2, 0.25) is 0 Å². The van der Waals surface area contributed by atoms with Crippen LogP contribution in [0.15, 0.2) is 39.2 Å². The first-order valence-electron chi connectivity index (χ1n) is 6.40. The highest BCUT2D eigenvalue weighted by Crippen LogP contribution is 2.28. The maximum Gasteiger partial charge on any atom is 0.138 e. The van der Waals surface area contributed by atoms with Crippen LogP contribution in [0.2, 0.25) is 0 Å². The molecular weight excluding hydrogens is 309 g/mol. The van der Waals surface area contributed by atoms with Gasteiger partial charge in [0.1, 0.15) is 17.3 Å². The minimum Gasteiger partial charge on any atom is -0.459 e. The zero-order valence-electron chi connectivity index (χ0n) is 11.0. The fourth-order valence-electron chi connectivity index (χ4n) is 1.85. The van der Waals surface area contributed by atoms with Crippen molar-refractivity contribution < 1.29 is 8.81 Å². The van der Waals surface area contributed by atoms with Crippen molar-refractivity contribution in [2.24, 2.45) is 0 Å². The highest BCUT2D eigenvalue weighted by Gasteiger charge is 2.11. The summed E-state index contributed by atoms with van der Waals surface area (Å²) in [5.41, 5.74) is 0.745. The van der Waals surface area contributed by atoms with Crippen LogP contribution in [0, 0.1) is 5.82 Å². The monoisotopic (exact) mass is 325 g/mol. The zero-order valence-corrected chi connectivity index (χ0v) is 12.6. The molecule has 1 atom stereocenters. The van der Waals surface area contributed by atoms with E-state index in [1.165, 1.54) is 6.07 Å². The van der Waals surface area contributed by atoms with E-state index in [1.54, 1.807) is 6.07 Å². The van der Waals surface area contributed by atoms with Crippen molar-refractivity contribution in [1.82, 2.24) is 5.32 Å². The van der Waals surface area contributed by atoms with Gasteiger partial charge in [-0.05, 0) is 66.2 Å². The molecule has 1 unspecified atom stereocenters. The molecule has 0 aliphatic carbocycles. The molecule has 0 aliphatic heterocycles. The number of halogens is 2. The quantitative estimate of drug-likeness (QED) is 0.845. The SMILES string of the molecule is CCCNC(C)c1ccc(-c2ccc(Br)c(F)c2)o1. The van der Waals surface area contributed by atoms with Gasteiger partial charge in [-0.15, -0.1) is 0 Å². The van der Waals surface area contributed by atoms with E-state index in [1.807, 2.05) is 18.2 Å². The van der Waals surface area contributed by atoms with Gasteiger partial charge in [0, 0.05) is 5.56 Å². The van der Waals surface area contributed by atoms with Crippen LogP contribution >= 0.6 is 15.9 Å². The lowest BCUT2D eigenvalue weighted by Gasteiger charge is -2.09. The summed E-state index contributed by atoms with van der Waals surface area (Å²) in [7, 11) is 0. The summed E-state index contributed by atoms with van der Waals surface area (Å²) in [6, 6.07) is 8.96. The molecule has 0 spiro atoms. The van der Waals surface area contributed by atoms with Crippen molar-refractivity contribution in [3.8, 4) is 11.3 Å². The molecule has 0 radical (unpaired) electrons. The lowest BCUT2D eigenvalue weighted by molar-refractivity contribution is 0.438. The molecule has 0 bridgehead atoms. The first-order chi connectivity index (χ1) is 9.11. The molecule has 2 nitrogen and oxygen atoms in total. The minimum absolute atomic E-state index is 0.161. The molecule has 2 aromatic rings. The maximum atomic E-state index is 13.5. The molecule has 0 saturated heterocycles. The molecule has 19 heavy (non-hydrogen) atoms. The van der Waals surface area contributed by atoms with Gasteiger partial charge in [-0.2, -0.15) is 0 Å². The highest BCUT2D eigenvalue weighted by molar-refractivity contribution is 9.10. The lowest BCUT2D eigenvalue weighted by Crippen LogP contribution is -2.18. The van der Waals surface area contributed by atoms with Crippen LogP contribution in [-0.2, 0) is 0 Å². The topological polar surface area (TPSA) is 25.2 Å². The molecule has 0 fully saturated rings. The number of hydrogen-bond acceptors (Lipinski definition) is 2. The second-order valence-corrected chi connectivity index (χ2v) is 5.36. The van der Waals surface area contributed by atoms with Gasteiger partial charge in [-0.3, -0.25) is 0 Å². The van der Waals surface area contributed by atoms with Crippen molar-refractivity contribution in [2.45, 2.75) is 26.3 Å². The summed E-state index contributed by atoms with van der Waals surface area (Å²) in [5, 5.41) is 3.36. The molecule has 102 valence electrons. The van der Waals surface area contributed by atoms with E-state index in [2.05, 4.69) is 35.1 Å². The molecule has 1 aromatic heterocycles. The smallest absolute Gasteiger partial charge is 0.138 e. The van der Waals surface area contributed by atoms with Crippen LogP contribution in [0.25, 0.3) is 11.3 Å². The van der Waals surface area contributed by atoms with Crippen LogP contribution in [0.4, 0.5) is 4.39 Å². The molecule has 0 saturated carbocycles. The Morgan fingerprint density at radius 3 is 2.79 bits per heavy atom. The van der Waals surface area contributed by atoms with E-state index in [0.717, 1.165) is 24.3 Å². The van der Waals surface area contributed by atoms with Crippen molar-refractivity contribution in [3.63, 3.8) is 0 Å². The first-order valence-corrected chi connectivity index (χ1v) is 7.19. The summed E-state index contributed by atoms with van der Waals surface area (Å²) in [6.07, 6.45) is 1.08. The van der Waals surface area contributed by atoms with E-state index in [-0.39, 0.29) is 11.9 Å². The minimum atomic E-state index is -0.285. The standard InChI is InChI=1S/C15H17BrFNO/c1-3-8-18-10(2)14-6-7-15(19-14)11-4-5-12(16)13(17)9-11/h4-7,9-10,18H,3,8H2,1-2H3. The van der Waals surface area contributed by atoms with Crippen LogP contribution in [0.3, 0.4) is 0 Å². The number of benzene rings is 1. The second kappa shape index (κ2) is 6.35. The normalized spacial score (nSPS) is 12.6. The van der Waals surface area contributed by atoms with E-state index in [4.69, 9.17) is 4.42 Å². The van der Waals surface area contributed by atoms with Gasteiger partial charge in [0.15, 0.2) is 0 Å². The van der Waals surface area contributed by atoms with Gasteiger partial charge in [-0.1, -0.05) is 6.92 Å². The predicted octanol–water partition coefficient (Wildman–Crippen LogP) is 4.91. The third-order valence-electron chi connectivity index (χ3n) is 2.96. The van der Waals surface area contributed by atoms with E-state index >= 15 is 0 Å². The maximum absolute atomic E-state index is 13.5. The fourth-order valence-corrected chi connectivity index (χ4v) is 2.10. The Labute approximate surface area is 121 Å². The number of hydrogen-bond donors (Lipinski definition) is 1. The van der Waals surface area contributed by atoms with Gasteiger partial charge in [0.05, 0.1) is 10.5 Å². The lowest BCUT2D eigenvalue weighted by atomic mass is 10.2. The third kappa shape index (κ3) is 3.45. The molecule has 1 heterocycles. The molecule has 1 N–H and O–H groups in total. The number of rotatable bonds is 5. The van der Waals surface area contributed by atoms with Gasteiger partial charge >= 0.3 is 0 Å². The van der Waals surface area contributed by atoms with Crippen molar-refractivity contribution in [2.75, 3.05) is 6.54 Å². The van der Waals surface area contributed by atoms with Crippen LogP contribution in [-0.4, -0.2) is 6.54 Å². The fraction of sp³-hybridized carbons (Fsp3) is 0.333. The Bertz CT molecular complexity index is 553. The van der Waals surface area contributed by atoms with E-state index < -0.39 is 0 Å². The van der Waals surface area contributed by atoms with Gasteiger partial charge in [-0.25, -0.2) is 4.39 Å². The Kier molecular flexibility index (Phi) is 4.77. The van der Waals surface area contributed by atoms with Crippen LogP contribution in [0.1, 0.15) is 32.1 Å². The summed E-state index contributed by atoms with van der Waals surface area (Å²) in [6.45, 7) is 5.13. The van der Waals surface area contributed by atoms with Crippen molar-refractivity contribution >= 4 is 15.9 Å². The van der Waals surface area contributed by atoms with Crippen LogP contribution < -0.4 is 5.32 Å². The zero-order chi connectivity index (χ0) is 13.8. The first kappa shape index (κ1) is 14.3. The summed E-state index contributed by atoms with van der Waals surface area (Å²) in [5.74, 6) is 1.27. The summed E-state index contributed by atoms with van der Waals surface area (Å²) >= 11 is 3.14. The summed E-state index contributed by atoms with van der Waals surface area (Å²) < 4.78 is 19.7. The molecule has 1 aromatic carbocycles. The number of nitrogens with one attached hydrogen (secondary N) is 1. The molecule has 0 aliphatic rings. The Morgan fingerprint density at radius 1 is 1.32 bits per heavy atom. The van der Waals surface area contributed by atoms with E-state index in [9.17, 15) is 4.39 Å². The van der Waals surface area contributed by atoms with E-state index in [0.29, 0.717) is 10.2 Å². The molecule has 0 amide bonds.